The molecular weight excluding hydrogens is 398 g/mol. The van der Waals surface area contributed by atoms with Gasteiger partial charge in [0.1, 0.15) is 12.2 Å². The number of ether oxygens (including phenoxy) is 2. The lowest BCUT2D eigenvalue weighted by atomic mass is 9.96. The molecule has 3 amide bonds. The standard InChI is InChI=1S/C23H35N3O5/c1-23(2,3)31-21(28)25(4)14-8-13-24-20(27)19-11-15-26(16-12-19)22(29)30-17-18-9-6-5-7-10-18/h5-7,9-10,19H,8,11-17H2,1-4H3,(H,24,27). The minimum Gasteiger partial charge on any atom is -0.445 e. The molecule has 1 aromatic rings. The van der Waals surface area contributed by atoms with Crippen molar-refractivity contribution >= 4 is 18.1 Å². The van der Waals surface area contributed by atoms with Crippen LogP contribution in [0.1, 0.15) is 45.6 Å². The van der Waals surface area contributed by atoms with E-state index in [1.165, 1.54) is 4.90 Å². The van der Waals surface area contributed by atoms with Crippen LogP contribution in [0.15, 0.2) is 30.3 Å². The van der Waals surface area contributed by atoms with E-state index < -0.39 is 5.60 Å². The van der Waals surface area contributed by atoms with E-state index in [1.807, 2.05) is 51.1 Å². The van der Waals surface area contributed by atoms with Crippen LogP contribution in [0.2, 0.25) is 0 Å². The second-order valence-corrected chi connectivity index (χ2v) is 8.85. The summed E-state index contributed by atoms with van der Waals surface area (Å²) < 4.78 is 10.7. The number of hydrogen-bond donors (Lipinski definition) is 1. The Morgan fingerprint density at radius 2 is 1.77 bits per heavy atom. The summed E-state index contributed by atoms with van der Waals surface area (Å²) in [7, 11) is 1.68. The molecule has 0 unspecified atom stereocenters. The zero-order chi connectivity index (χ0) is 22.9. The van der Waals surface area contributed by atoms with Crippen molar-refractivity contribution in [1.82, 2.24) is 15.1 Å². The largest absolute Gasteiger partial charge is 0.445 e. The van der Waals surface area contributed by atoms with Gasteiger partial charge >= 0.3 is 12.2 Å². The first kappa shape index (κ1) is 24.5. The van der Waals surface area contributed by atoms with Crippen LogP contribution in [-0.2, 0) is 20.9 Å². The highest BCUT2D eigenvalue weighted by molar-refractivity contribution is 5.79. The molecule has 8 nitrogen and oxygen atoms in total. The number of rotatable bonds is 7. The van der Waals surface area contributed by atoms with E-state index in [0.29, 0.717) is 45.4 Å². The molecule has 1 aliphatic rings. The second-order valence-electron chi connectivity index (χ2n) is 8.85. The minimum absolute atomic E-state index is 0.00257. The number of nitrogens with one attached hydrogen (secondary N) is 1. The molecule has 2 rings (SSSR count). The Labute approximate surface area is 184 Å². The van der Waals surface area contributed by atoms with Gasteiger partial charge in [0.15, 0.2) is 0 Å². The lowest BCUT2D eigenvalue weighted by Crippen LogP contribution is -2.43. The van der Waals surface area contributed by atoms with Gasteiger partial charge in [0, 0.05) is 39.1 Å². The number of carbonyl (C=O) groups excluding carboxylic acids is 3. The normalized spacial score (nSPS) is 14.6. The molecule has 0 bridgehead atoms. The van der Waals surface area contributed by atoms with Crippen LogP contribution in [0.4, 0.5) is 9.59 Å². The van der Waals surface area contributed by atoms with Crippen molar-refractivity contribution in [2.24, 2.45) is 5.92 Å². The van der Waals surface area contributed by atoms with E-state index in [-0.39, 0.29) is 30.6 Å². The molecule has 0 aromatic heterocycles. The van der Waals surface area contributed by atoms with Gasteiger partial charge in [0.25, 0.3) is 0 Å². The predicted octanol–water partition coefficient (Wildman–Crippen LogP) is 3.41. The van der Waals surface area contributed by atoms with E-state index >= 15 is 0 Å². The van der Waals surface area contributed by atoms with E-state index in [4.69, 9.17) is 9.47 Å². The molecule has 1 aliphatic heterocycles. The molecule has 1 fully saturated rings. The quantitative estimate of drug-likeness (QED) is 0.666. The van der Waals surface area contributed by atoms with Crippen molar-refractivity contribution in [1.29, 1.82) is 0 Å². The summed E-state index contributed by atoms with van der Waals surface area (Å²) in [5.41, 5.74) is 0.421. The van der Waals surface area contributed by atoms with Crippen LogP contribution in [0.3, 0.4) is 0 Å². The lowest BCUT2D eigenvalue weighted by molar-refractivity contribution is -0.126. The average Bonchev–Trinajstić information content (AvgIpc) is 2.74. The Morgan fingerprint density at radius 3 is 2.39 bits per heavy atom. The number of amides is 3. The third-order valence-electron chi connectivity index (χ3n) is 5.00. The van der Waals surface area contributed by atoms with Gasteiger partial charge in [0.2, 0.25) is 5.91 Å². The summed E-state index contributed by atoms with van der Waals surface area (Å²) in [6.07, 6.45) is 1.17. The Bertz CT molecular complexity index is 724. The minimum atomic E-state index is -0.525. The SMILES string of the molecule is CN(CCCNC(=O)C1CCN(C(=O)OCc2ccccc2)CC1)C(=O)OC(C)(C)C. The van der Waals surface area contributed by atoms with Gasteiger partial charge in [-0.2, -0.15) is 0 Å². The molecule has 1 aromatic carbocycles. The summed E-state index contributed by atoms with van der Waals surface area (Å²) >= 11 is 0. The molecule has 172 valence electrons. The summed E-state index contributed by atoms with van der Waals surface area (Å²) in [6.45, 7) is 7.73. The molecule has 0 radical (unpaired) electrons. The fourth-order valence-electron chi connectivity index (χ4n) is 3.24. The Morgan fingerprint density at radius 1 is 1.13 bits per heavy atom. The van der Waals surface area contributed by atoms with Crippen LogP contribution in [0, 0.1) is 5.92 Å². The second kappa shape index (κ2) is 11.6. The van der Waals surface area contributed by atoms with Crippen LogP contribution in [-0.4, -0.2) is 66.7 Å². The third-order valence-corrected chi connectivity index (χ3v) is 5.00. The first-order valence-corrected chi connectivity index (χ1v) is 10.8. The number of nitrogens with zero attached hydrogens (tertiary/aromatic N) is 2. The van der Waals surface area contributed by atoms with Gasteiger partial charge in [-0.15, -0.1) is 0 Å². The number of hydrogen-bond acceptors (Lipinski definition) is 5. The molecule has 0 atom stereocenters. The van der Waals surface area contributed by atoms with Crippen molar-refractivity contribution in [2.75, 3.05) is 33.2 Å². The van der Waals surface area contributed by atoms with E-state index in [2.05, 4.69) is 5.32 Å². The monoisotopic (exact) mass is 433 g/mol. The predicted molar refractivity (Wildman–Crippen MR) is 117 cm³/mol. The first-order valence-electron chi connectivity index (χ1n) is 10.8. The maximum Gasteiger partial charge on any atom is 0.410 e. The molecule has 1 saturated heterocycles. The van der Waals surface area contributed by atoms with Crippen molar-refractivity contribution in [2.45, 2.75) is 52.2 Å². The number of benzene rings is 1. The molecular formula is C23H35N3O5. The summed E-state index contributed by atoms with van der Waals surface area (Å²) in [4.78, 5) is 39.7. The maximum absolute atomic E-state index is 12.4. The molecule has 1 heterocycles. The zero-order valence-corrected chi connectivity index (χ0v) is 19.1. The van der Waals surface area contributed by atoms with E-state index in [1.54, 1.807) is 11.9 Å². The van der Waals surface area contributed by atoms with Crippen LogP contribution in [0.25, 0.3) is 0 Å². The smallest absolute Gasteiger partial charge is 0.410 e. The van der Waals surface area contributed by atoms with Gasteiger partial charge in [-0.1, -0.05) is 30.3 Å². The summed E-state index contributed by atoms with van der Waals surface area (Å²) in [5.74, 6) is -0.112. The fourth-order valence-corrected chi connectivity index (χ4v) is 3.24. The maximum atomic E-state index is 12.4. The van der Waals surface area contributed by atoms with Gasteiger partial charge < -0.3 is 24.6 Å². The van der Waals surface area contributed by atoms with Crippen LogP contribution < -0.4 is 5.32 Å². The summed E-state index contributed by atoms with van der Waals surface area (Å²) in [5, 5.41) is 2.93. The van der Waals surface area contributed by atoms with Gasteiger partial charge in [-0.05, 0) is 45.6 Å². The highest BCUT2D eigenvalue weighted by Gasteiger charge is 2.28. The highest BCUT2D eigenvalue weighted by atomic mass is 16.6. The molecule has 8 heteroatoms. The number of piperidine rings is 1. The molecule has 1 N–H and O–H groups in total. The zero-order valence-electron chi connectivity index (χ0n) is 19.1. The van der Waals surface area contributed by atoms with Gasteiger partial charge in [0.05, 0.1) is 0 Å². The van der Waals surface area contributed by atoms with Crippen molar-refractivity contribution < 1.29 is 23.9 Å². The Kier molecular flexibility index (Phi) is 9.15. The van der Waals surface area contributed by atoms with Crippen LogP contribution in [0.5, 0.6) is 0 Å². The summed E-state index contributed by atoms with van der Waals surface area (Å²) in [6, 6.07) is 9.55. The average molecular weight is 434 g/mol. The topological polar surface area (TPSA) is 88.2 Å². The molecule has 31 heavy (non-hydrogen) atoms. The van der Waals surface area contributed by atoms with Crippen molar-refractivity contribution in [3.63, 3.8) is 0 Å². The van der Waals surface area contributed by atoms with Gasteiger partial charge in [-0.3, -0.25) is 4.79 Å². The number of carbonyl (C=O) groups is 3. The highest BCUT2D eigenvalue weighted by Crippen LogP contribution is 2.18. The number of likely N-dealkylation sites (tertiary alicyclic amines) is 1. The molecule has 0 saturated carbocycles. The van der Waals surface area contributed by atoms with E-state index in [9.17, 15) is 14.4 Å². The fraction of sp³-hybridized carbons (Fsp3) is 0.609. The molecule has 0 spiro atoms. The van der Waals surface area contributed by atoms with Crippen molar-refractivity contribution in [3.05, 3.63) is 35.9 Å². The Hall–Kier alpha value is -2.77. The Balaban J connectivity index is 1.61. The van der Waals surface area contributed by atoms with Gasteiger partial charge in [-0.25, -0.2) is 9.59 Å². The third kappa shape index (κ3) is 8.86. The first-order chi connectivity index (χ1) is 14.7. The lowest BCUT2D eigenvalue weighted by Gasteiger charge is -2.30. The van der Waals surface area contributed by atoms with Crippen LogP contribution >= 0.6 is 0 Å². The van der Waals surface area contributed by atoms with Crippen molar-refractivity contribution in [3.8, 4) is 0 Å². The van der Waals surface area contributed by atoms with E-state index in [0.717, 1.165) is 5.56 Å². The molecule has 0 aliphatic carbocycles.